The minimum Gasteiger partial charge on any atom is -0.494 e. The number of nitrogens with zero attached hydrogens (tertiary/aromatic N) is 2. The molecule has 0 aliphatic carbocycles. The molecule has 3 aromatic rings. The number of benzene rings is 1. The molecule has 6 heteroatoms. The summed E-state index contributed by atoms with van der Waals surface area (Å²) in [4.78, 5) is 16.6. The van der Waals surface area contributed by atoms with Gasteiger partial charge in [0.2, 0.25) is 0 Å². The van der Waals surface area contributed by atoms with E-state index in [4.69, 9.17) is 9.47 Å². The lowest BCUT2D eigenvalue weighted by Gasteiger charge is -2.10. The first-order valence-electron chi connectivity index (χ1n) is 9.75. The molecule has 6 nitrogen and oxygen atoms in total. The summed E-state index contributed by atoms with van der Waals surface area (Å²) in [5.74, 6) is 1.17. The summed E-state index contributed by atoms with van der Waals surface area (Å²) < 4.78 is 13.2. The van der Waals surface area contributed by atoms with E-state index in [9.17, 15) is 4.79 Å². The Morgan fingerprint density at radius 2 is 1.93 bits per heavy atom. The lowest BCUT2D eigenvalue weighted by Crippen LogP contribution is -2.20. The van der Waals surface area contributed by atoms with E-state index in [1.165, 1.54) is 19.3 Å². The monoisotopic (exact) mass is 381 g/mol. The summed E-state index contributed by atoms with van der Waals surface area (Å²) in [6.07, 6.45) is 8.52. The Labute approximate surface area is 165 Å². The number of ether oxygens (including phenoxy) is 2. The Balaban J connectivity index is 1.46. The molecule has 0 saturated heterocycles. The molecule has 1 amide bonds. The van der Waals surface area contributed by atoms with Crippen LogP contribution in [0.25, 0.3) is 5.65 Å². The van der Waals surface area contributed by atoms with Gasteiger partial charge in [0.1, 0.15) is 5.75 Å². The standard InChI is InChI=1S/C22H27N3O3/c1-3-4-5-6-14-27-19-11-9-18(10-12-19)24-21(26)16-28-20-8-7-13-25-15-17(2)23-22(20)25/h7-13,15H,3-6,14,16H2,1-2H3,(H,24,26). The average molecular weight is 381 g/mol. The summed E-state index contributed by atoms with van der Waals surface area (Å²) in [6, 6.07) is 11.1. The molecule has 1 N–H and O–H groups in total. The van der Waals surface area contributed by atoms with Gasteiger partial charge in [0.25, 0.3) is 5.91 Å². The molecule has 0 spiro atoms. The van der Waals surface area contributed by atoms with Gasteiger partial charge in [-0.15, -0.1) is 0 Å². The van der Waals surface area contributed by atoms with Gasteiger partial charge in [-0.2, -0.15) is 0 Å². The van der Waals surface area contributed by atoms with Crippen LogP contribution >= 0.6 is 0 Å². The van der Waals surface area contributed by atoms with Crippen LogP contribution < -0.4 is 14.8 Å². The fourth-order valence-corrected chi connectivity index (χ4v) is 2.92. The first kappa shape index (κ1) is 19.7. The van der Waals surface area contributed by atoms with Gasteiger partial charge < -0.3 is 19.2 Å². The highest BCUT2D eigenvalue weighted by molar-refractivity contribution is 5.92. The van der Waals surface area contributed by atoms with Crippen LogP contribution in [0.4, 0.5) is 5.69 Å². The number of imidazole rings is 1. The van der Waals surface area contributed by atoms with Crippen molar-refractivity contribution < 1.29 is 14.3 Å². The van der Waals surface area contributed by atoms with Crippen molar-refractivity contribution in [1.29, 1.82) is 0 Å². The maximum absolute atomic E-state index is 12.2. The lowest BCUT2D eigenvalue weighted by atomic mass is 10.2. The van der Waals surface area contributed by atoms with Gasteiger partial charge in [-0.3, -0.25) is 4.79 Å². The van der Waals surface area contributed by atoms with Crippen molar-refractivity contribution in [3.8, 4) is 11.5 Å². The number of carbonyl (C=O) groups excluding carboxylic acids is 1. The summed E-state index contributed by atoms with van der Waals surface area (Å²) in [6.45, 7) is 4.75. The molecule has 28 heavy (non-hydrogen) atoms. The SMILES string of the molecule is CCCCCCOc1ccc(NC(=O)COc2cccn3cc(C)nc23)cc1. The van der Waals surface area contributed by atoms with E-state index in [1.54, 1.807) is 0 Å². The van der Waals surface area contributed by atoms with Crippen molar-refractivity contribution >= 4 is 17.2 Å². The molecule has 0 aliphatic heterocycles. The third-order valence-electron chi connectivity index (χ3n) is 4.33. The van der Waals surface area contributed by atoms with E-state index in [-0.39, 0.29) is 12.5 Å². The van der Waals surface area contributed by atoms with E-state index >= 15 is 0 Å². The Bertz CT molecular complexity index is 903. The molecule has 2 aromatic heterocycles. The minimum atomic E-state index is -0.224. The highest BCUT2D eigenvalue weighted by Gasteiger charge is 2.08. The van der Waals surface area contributed by atoms with Gasteiger partial charge >= 0.3 is 0 Å². The highest BCUT2D eigenvalue weighted by atomic mass is 16.5. The normalized spacial score (nSPS) is 10.8. The topological polar surface area (TPSA) is 64.9 Å². The number of unbranched alkanes of at least 4 members (excludes halogenated alkanes) is 3. The van der Waals surface area contributed by atoms with Crippen LogP contribution in [-0.2, 0) is 4.79 Å². The molecule has 0 radical (unpaired) electrons. The second-order valence-corrected chi connectivity index (χ2v) is 6.76. The first-order valence-corrected chi connectivity index (χ1v) is 9.75. The van der Waals surface area contributed by atoms with Gasteiger partial charge in [0.15, 0.2) is 18.0 Å². The quantitative estimate of drug-likeness (QED) is 0.521. The van der Waals surface area contributed by atoms with Crippen LogP contribution in [0.2, 0.25) is 0 Å². The smallest absolute Gasteiger partial charge is 0.262 e. The zero-order valence-electron chi connectivity index (χ0n) is 16.5. The van der Waals surface area contributed by atoms with E-state index in [0.29, 0.717) is 17.1 Å². The zero-order chi connectivity index (χ0) is 19.8. The molecular weight excluding hydrogens is 354 g/mol. The minimum absolute atomic E-state index is 0.0821. The number of rotatable bonds is 10. The third kappa shape index (κ3) is 5.49. The maximum Gasteiger partial charge on any atom is 0.262 e. The molecule has 0 saturated carbocycles. The predicted octanol–water partition coefficient (Wildman–Crippen LogP) is 4.62. The van der Waals surface area contributed by atoms with Crippen molar-refractivity contribution in [2.24, 2.45) is 0 Å². The number of pyridine rings is 1. The molecule has 2 heterocycles. The first-order chi connectivity index (χ1) is 13.7. The Morgan fingerprint density at radius 3 is 2.71 bits per heavy atom. The fourth-order valence-electron chi connectivity index (χ4n) is 2.92. The van der Waals surface area contributed by atoms with Crippen LogP contribution in [-0.4, -0.2) is 28.5 Å². The molecule has 0 bridgehead atoms. The highest BCUT2D eigenvalue weighted by Crippen LogP contribution is 2.19. The van der Waals surface area contributed by atoms with Crippen LogP contribution in [0.1, 0.15) is 38.3 Å². The van der Waals surface area contributed by atoms with Gasteiger partial charge in [-0.05, 0) is 49.7 Å². The number of aromatic nitrogens is 2. The fraction of sp³-hybridized carbons (Fsp3) is 0.364. The lowest BCUT2D eigenvalue weighted by molar-refractivity contribution is -0.118. The molecular formula is C22H27N3O3. The number of nitrogens with one attached hydrogen (secondary N) is 1. The number of amides is 1. The largest absolute Gasteiger partial charge is 0.494 e. The number of fused-ring (bicyclic) bond motifs is 1. The van der Waals surface area contributed by atoms with E-state index in [0.717, 1.165) is 24.5 Å². The van der Waals surface area contributed by atoms with E-state index in [1.807, 2.05) is 60.1 Å². The summed E-state index contributed by atoms with van der Waals surface area (Å²) in [5, 5.41) is 2.83. The van der Waals surface area contributed by atoms with Crippen molar-refractivity contribution in [3.05, 3.63) is 54.5 Å². The van der Waals surface area contributed by atoms with Gasteiger partial charge in [-0.25, -0.2) is 4.98 Å². The maximum atomic E-state index is 12.2. The summed E-state index contributed by atoms with van der Waals surface area (Å²) >= 11 is 0. The van der Waals surface area contributed by atoms with E-state index < -0.39 is 0 Å². The summed E-state index contributed by atoms with van der Waals surface area (Å²) in [7, 11) is 0. The molecule has 3 rings (SSSR count). The number of carbonyl (C=O) groups is 1. The van der Waals surface area contributed by atoms with Crippen LogP contribution in [0.5, 0.6) is 11.5 Å². The number of hydrogen-bond donors (Lipinski definition) is 1. The second-order valence-electron chi connectivity index (χ2n) is 6.76. The Kier molecular flexibility index (Phi) is 6.89. The van der Waals surface area contributed by atoms with Crippen molar-refractivity contribution in [2.45, 2.75) is 39.5 Å². The predicted molar refractivity (Wildman–Crippen MR) is 110 cm³/mol. The van der Waals surface area contributed by atoms with Gasteiger partial charge in [-0.1, -0.05) is 26.2 Å². The van der Waals surface area contributed by atoms with Crippen LogP contribution in [0, 0.1) is 6.92 Å². The second kappa shape index (κ2) is 9.78. The van der Waals surface area contributed by atoms with E-state index in [2.05, 4.69) is 17.2 Å². The Morgan fingerprint density at radius 1 is 1.11 bits per heavy atom. The molecule has 0 fully saturated rings. The molecule has 1 aromatic carbocycles. The van der Waals surface area contributed by atoms with Crippen LogP contribution in [0.3, 0.4) is 0 Å². The van der Waals surface area contributed by atoms with Gasteiger partial charge in [0.05, 0.1) is 12.3 Å². The Hall–Kier alpha value is -3.02. The average Bonchev–Trinajstić information content (AvgIpc) is 3.08. The number of hydrogen-bond acceptors (Lipinski definition) is 4. The van der Waals surface area contributed by atoms with Crippen molar-refractivity contribution in [2.75, 3.05) is 18.5 Å². The van der Waals surface area contributed by atoms with Crippen molar-refractivity contribution in [1.82, 2.24) is 9.38 Å². The molecule has 148 valence electrons. The number of anilines is 1. The van der Waals surface area contributed by atoms with Crippen LogP contribution in [0.15, 0.2) is 48.8 Å². The zero-order valence-corrected chi connectivity index (χ0v) is 16.5. The summed E-state index contributed by atoms with van der Waals surface area (Å²) in [5.41, 5.74) is 2.31. The molecule has 0 aliphatic rings. The number of aryl methyl sites for hydroxylation is 1. The van der Waals surface area contributed by atoms with Gasteiger partial charge in [0, 0.05) is 18.1 Å². The van der Waals surface area contributed by atoms with Crippen molar-refractivity contribution in [3.63, 3.8) is 0 Å². The third-order valence-corrected chi connectivity index (χ3v) is 4.33. The molecule has 0 atom stereocenters. The molecule has 0 unspecified atom stereocenters.